The van der Waals surface area contributed by atoms with Crippen LogP contribution in [0.1, 0.15) is 71.1 Å². The van der Waals surface area contributed by atoms with Crippen LogP contribution in [0.2, 0.25) is 0 Å². The lowest BCUT2D eigenvalue weighted by Gasteiger charge is -2.44. The number of hydrogen-bond donors (Lipinski definition) is 8. The lowest BCUT2D eigenvalue weighted by molar-refractivity contribution is -0.204. The van der Waals surface area contributed by atoms with Gasteiger partial charge >= 0.3 is 0 Å². The summed E-state index contributed by atoms with van der Waals surface area (Å²) in [5, 5.41) is 49.4. The fourth-order valence-corrected chi connectivity index (χ4v) is 4.75. The summed E-state index contributed by atoms with van der Waals surface area (Å²) in [4.78, 5) is 39.7. The van der Waals surface area contributed by atoms with E-state index in [1.807, 2.05) is 0 Å². The van der Waals surface area contributed by atoms with E-state index in [0.29, 0.717) is 17.6 Å². The van der Waals surface area contributed by atoms with Gasteiger partial charge in [-0.15, -0.1) is 0 Å². The van der Waals surface area contributed by atoms with E-state index in [1.54, 1.807) is 0 Å². The normalized spacial score (nSPS) is 23.6. The number of aromatic nitrogens is 4. The highest BCUT2D eigenvalue weighted by Crippen LogP contribution is 2.26. The first-order valence-corrected chi connectivity index (χ1v) is 14.1. The van der Waals surface area contributed by atoms with Crippen LogP contribution in [0.5, 0.6) is 0 Å². The molecule has 0 bridgehead atoms. The summed E-state index contributed by atoms with van der Waals surface area (Å²) in [5.74, 6) is -0.672. The molecule has 0 aliphatic carbocycles. The molecule has 8 N–H and O–H groups in total. The van der Waals surface area contributed by atoms with E-state index in [4.69, 9.17) is 4.74 Å². The highest BCUT2D eigenvalue weighted by Gasteiger charge is 2.48. The van der Waals surface area contributed by atoms with Crippen molar-refractivity contribution in [1.29, 1.82) is 0 Å². The Labute approximate surface area is 233 Å². The van der Waals surface area contributed by atoms with Crippen LogP contribution in [-0.4, -0.2) is 102 Å². The van der Waals surface area contributed by atoms with Gasteiger partial charge in [0.05, 0.1) is 25.5 Å². The first kappa shape index (κ1) is 31.6. The highest BCUT2D eigenvalue weighted by molar-refractivity contribution is 5.85. The average Bonchev–Trinajstić information content (AvgIpc) is 3.44. The van der Waals surface area contributed by atoms with Gasteiger partial charge in [0.15, 0.2) is 17.7 Å². The standard InChI is InChI=1S/C26H43N7O7/c1-2-3-4-5-6-7-8-9-10-11-17(36)27-12-18(37)32-19-21(38)22(39)26(40-23(19)16(35)13-34)33-25-20-24(29-14-28-20)30-15-31-25/h14-16,19,21-23,26,34-35,38-39H,2-13H2,1H3,(H,27,36)(H,32,37)(H2,28,29,30,31,33). The molecule has 0 radical (unpaired) electrons. The van der Waals surface area contributed by atoms with Crippen molar-refractivity contribution in [3.8, 4) is 0 Å². The summed E-state index contributed by atoms with van der Waals surface area (Å²) >= 11 is 0. The van der Waals surface area contributed by atoms with E-state index in [1.165, 1.54) is 44.8 Å². The number of imidazole rings is 1. The quantitative estimate of drug-likeness (QED) is 0.120. The maximum atomic E-state index is 12.6. The third-order valence-corrected chi connectivity index (χ3v) is 7.04. The molecule has 0 saturated carbocycles. The van der Waals surface area contributed by atoms with Crippen molar-refractivity contribution in [3.63, 3.8) is 0 Å². The minimum absolute atomic E-state index is 0.230. The number of aliphatic hydroxyl groups is 4. The number of aromatic amines is 1. The van der Waals surface area contributed by atoms with Crippen LogP contribution in [0.25, 0.3) is 11.2 Å². The SMILES string of the molecule is CCCCCCCCCCCC(=O)NCC(=O)NC1C(O)C(O)C(Nc2ncnc3nc[nH]c23)OC1C(O)CO. The number of anilines is 1. The second kappa shape index (κ2) is 16.4. The lowest BCUT2D eigenvalue weighted by atomic mass is 9.92. The number of ether oxygens (including phenoxy) is 1. The van der Waals surface area contributed by atoms with Crippen molar-refractivity contribution in [2.24, 2.45) is 0 Å². The summed E-state index contributed by atoms with van der Waals surface area (Å²) in [5.41, 5.74) is 0.793. The van der Waals surface area contributed by atoms with Gasteiger partial charge in [-0.1, -0.05) is 58.3 Å². The molecule has 40 heavy (non-hydrogen) atoms. The zero-order chi connectivity index (χ0) is 28.9. The van der Waals surface area contributed by atoms with Gasteiger partial charge in [0.25, 0.3) is 0 Å². The number of aliphatic hydroxyl groups excluding tert-OH is 4. The molecule has 2 amide bonds. The molecule has 1 saturated heterocycles. The van der Waals surface area contributed by atoms with Crippen LogP contribution in [-0.2, 0) is 14.3 Å². The molecular formula is C26H43N7O7. The number of carbonyl (C=O) groups is 2. The van der Waals surface area contributed by atoms with Gasteiger partial charge in [-0.25, -0.2) is 15.0 Å². The van der Waals surface area contributed by atoms with Crippen molar-refractivity contribution in [3.05, 3.63) is 12.7 Å². The predicted molar refractivity (Wildman–Crippen MR) is 146 cm³/mol. The Balaban J connectivity index is 1.46. The van der Waals surface area contributed by atoms with Crippen molar-refractivity contribution < 1.29 is 34.8 Å². The number of nitrogens with one attached hydrogen (secondary N) is 4. The summed E-state index contributed by atoms with van der Waals surface area (Å²) < 4.78 is 5.77. The zero-order valence-corrected chi connectivity index (χ0v) is 23.0. The Morgan fingerprint density at radius 1 is 1.00 bits per heavy atom. The maximum Gasteiger partial charge on any atom is 0.239 e. The number of unbranched alkanes of at least 4 members (excludes halogenated alkanes) is 8. The van der Waals surface area contributed by atoms with Crippen molar-refractivity contribution in [1.82, 2.24) is 30.6 Å². The molecule has 1 aliphatic rings. The van der Waals surface area contributed by atoms with Crippen molar-refractivity contribution >= 4 is 28.8 Å². The third kappa shape index (κ3) is 9.06. The Kier molecular flexibility index (Phi) is 12.9. The summed E-state index contributed by atoms with van der Waals surface area (Å²) in [7, 11) is 0. The lowest BCUT2D eigenvalue weighted by Crippen LogP contribution is -2.68. The molecule has 14 heteroatoms. The number of H-pyrrole nitrogens is 1. The van der Waals surface area contributed by atoms with E-state index >= 15 is 0 Å². The molecule has 3 heterocycles. The number of amides is 2. The number of fused-ring (bicyclic) bond motifs is 1. The summed E-state index contributed by atoms with van der Waals surface area (Å²) in [6.07, 6.45) is 5.99. The molecule has 1 aliphatic heterocycles. The minimum Gasteiger partial charge on any atom is -0.394 e. The molecule has 6 atom stereocenters. The topological polar surface area (TPSA) is 215 Å². The van der Waals surface area contributed by atoms with E-state index in [2.05, 4.69) is 42.8 Å². The van der Waals surface area contributed by atoms with Crippen LogP contribution < -0.4 is 16.0 Å². The Hall–Kier alpha value is -2.91. The summed E-state index contributed by atoms with van der Waals surface area (Å²) in [6, 6.07) is -1.27. The monoisotopic (exact) mass is 565 g/mol. The fourth-order valence-electron chi connectivity index (χ4n) is 4.75. The molecule has 0 spiro atoms. The van der Waals surface area contributed by atoms with Crippen LogP contribution in [0.15, 0.2) is 12.7 Å². The predicted octanol–water partition coefficient (Wildman–Crippen LogP) is 0.0866. The Morgan fingerprint density at radius 2 is 1.70 bits per heavy atom. The molecule has 2 aromatic heterocycles. The highest BCUT2D eigenvalue weighted by atomic mass is 16.5. The van der Waals surface area contributed by atoms with E-state index in [0.717, 1.165) is 25.7 Å². The van der Waals surface area contributed by atoms with Gasteiger partial charge in [0.2, 0.25) is 11.8 Å². The number of carbonyl (C=O) groups excluding carboxylic acids is 2. The smallest absolute Gasteiger partial charge is 0.239 e. The van der Waals surface area contributed by atoms with E-state index in [-0.39, 0.29) is 18.3 Å². The second-order valence-corrected chi connectivity index (χ2v) is 10.2. The van der Waals surface area contributed by atoms with E-state index in [9.17, 15) is 30.0 Å². The second-order valence-electron chi connectivity index (χ2n) is 10.2. The number of nitrogens with zero attached hydrogens (tertiary/aromatic N) is 3. The maximum absolute atomic E-state index is 12.6. The van der Waals surface area contributed by atoms with Gasteiger partial charge in [0.1, 0.15) is 36.3 Å². The molecule has 6 unspecified atom stereocenters. The van der Waals surface area contributed by atoms with Gasteiger partial charge in [-0.2, -0.15) is 0 Å². The van der Waals surface area contributed by atoms with E-state index < -0.39 is 49.2 Å². The van der Waals surface area contributed by atoms with Crippen LogP contribution in [0.3, 0.4) is 0 Å². The number of hydrogen-bond acceptors (Lipinski definition) is 11. The van der Waals surface area contributed by atoms with Crippen LogP contribution >= 0.6 is 0 Å². The van der Waals surface area contributed by atoms with Crippen molar-refractivity contribution in [2.75, 3.05) is 18.5 Å². The molecule has 3 rings (SSSR count). The third-order valence-electron chi connectivity index (χ3n) is 7.04. The van der Waals surface area contributed by atoms with Crippen LogP contribution in [0, 0.1) is 0 Å². The molecule has 14 nitrogen and oxygen atoms in total. The van der Waals surface area contributed by atoms with Crippen molar-refractivity contribution in [2.45, 2.75) is 108 Å². The molecular weight excluding hydrogens is 522 g/mol. The number of rotatable bonds is 17. The Morgan fingerprint density at radius 3 is 2.40 bits per heavy atom. The first-order valence-electron chi connectivity index (χ1n) is 14.1. The zero-order valence-electron chi connectivity index (χ0n) is 23.0. The minimum atomic E-state index is -1.59. The Bertz CT molecular complexity index is 1060. The van der Waals surface area contributed by atoms with Gasteiger partial charge < -0.3 is 46.1 Å². The van der Waals surface area contributed by atoms with Gasteiger partial charge in [-0.05, 0) is 6.42 Å². The largest absolute Gasteiger partial charge is 0.394 e. The molecule has 1 fully saturated rings. The molecule has 224 valence electrons. The van der Waals surface area contributed by atoms with Gasteiger partial charge in [0, 0.05) is 6.42 Å². The fraction of sp³-hybridized carbons (Fsp3) is 0.731. The first-order chi connectivity index (χ1) is 19.3. The van der Waals surface area contributed by atoms with Crippen LogP contribution in [0.4, 0.5) is 5.82 Å². The molecule has 2 aromatic rings. The molecule has 0 aromatic carbocycles. The van der Waals surface area contributed by atoms with Gasteiger partial charge in [-0.3, -0.25) is 9.59 Å². The average molecular weight is 566 g/mol. The summed E-state index contributed by atoms with van der Waals surface area (Å²) in [6.45, 7) is 1.12.